The first-order chi connectivity index (χ1) is 8.80. The van der Waals surface area contributed by atoms with Crippen LogP contribution in [0.5, 0.6) is 5.75 Å². The van der Waals surface area contributed by atoms with E-state index >= 15 is 0 Å². The van der Waals surface area contributed by atoms with Gasteiger partial charge in [-0.05, 0) is 6.92 Å². The molecule has 0 saturated carbocycles. The van der Waals surface area contributed by atoms with Gasteiger partial charge in [-0.2, -0.15) is 5.26 Å². The van der Waals surface area contributed by atoms with Crippen LogP contribution in [0.2, 0.25) is 0 Å². The Balaban J connectivity index is 3.31. The molecule has 19 heavy (non-hydrogen) atoms. The molecule has 0 radical (unpaired) electrons. The maximum absolute atomic E-state index is 12.1. The van der Waals surface area contributed by atoms with E-state index in [0.717, 1.165) is 0 Å². The first-order valence-corrected chi connectivity index (χ1v) is 4.91. The van der Waals surface area contributed by atoms with Crippen LogP contribution >= 0.6 is 0 Å². The van der Waals surface area contributed by atoms with E-state index in [1.807, 2.05) is 0 Å². The third kappa shape index (κ3) is 3.48. The Labute approximate surface area is 105 Å². The van der Waals surface area contributed by atoms with E-state index in [1.165, 1.54) is 13.0 Å². The number of anilines is 1. The molecule has 0 fully saturated rings. The van der Waals surface area contributed by atoms with Crippen molar-refractivity contribution < 1.29 is 27.4 Å². The zero-order chi connectivity index (χ0) is 14.6. The van der Waals surface area contributed by atoms with Gasteiger partial charge < -0.3 is 15.2 Å². The predicted molar refractivity (Wildman–Crippen MR) is 56.0 cm³/mol. The highest BCUT2D eigenvalue weighted by Gasteiger charge is 2.33. The quantitative estimate of drug-likeness (QED) is 0.841. The zero-order valence-electron chi connectivity index (χ0n) is 9.61. The molecule has 0 spiro atoms. The molecular weight excluding hydrogens is 267 g/mol. The molecule has 0 aromatic carbocycles. The number of nitrogens with two attached hydrogens (primary N) is 1. The normalized spacial score (nSPS) is 10.7. The number of carbonyl (C=O) groups excluding carboxylic acids is 1. The number of nitrogen functional groups attached to an aromatic ring is 1. The van der Waals surface area contributed by atoms with Gasteiger partial charge in [-0.3, -0.25) is 0 Å². The molecule has 0 aliphatic heterocycles. The van der Waals surface area contributed by atoms with Crippen LogP contribution in [0, 0.1) is 11.3 Å². The average molecular weight is 275 g/mol. The van der Waals surface area contributed by atoms with Gasteiger partial charge >= 0.3 is 12.3 Å². The fourth-order valence-corrected chi connectivity index (χ4v) is 1.21. The number of aromatic nitrogens is 1. The van der Waals surface area contributed by atoms with Gasteiger partial charge in [0.15, 0.2) is 11.4 Å². The summed E-state index contributed by atoms with van der Waals surface area (Å²) in [4.78, 5) is 14.9. The Morgan fingerprint density at radius 2 is 2.21 bits per heavy atom. The Kier molecular flexibility index (Phi) is 4.16. The number of pyridine rings is 1. The van der Waals surface area contributed by atoms with Crippen molar-refractivity contribution in [3.63, 3.8) is 0 Å². The van der Waals surface area contributed by atoms with Crippen molar-refractivity contribution in [3.8, 4) is 11.8 Å². The first-order valence-electron chi connectivity index (χ1n) is 4.91. The smallest absolute Gasteiger partial charge is 0.462 e. The monoisotopic (exact) mass is 275 g/mol. The van der Waals surface area contributed by atoms with Crippen LogP contribution in [0.1, 0.15) is 23.0 Å². The molecule has 1 aromatic heterocycles. The highest BCUT2D eigenvalue weighted by molar-refractivity contribution is 5.98. The van der Waals surface area contributed by atoms with Crippen molar-refractivity contribution in [1.82, 2.24) is 4.98 Å². The molecule has 0 amide bonds. The van der Waals surface area contributed by atoms with Gasteiger partial charge in [-0.1, -0.05) is 0 Å². The summed E-state index contributed by atoms with van der Waals surface area (Å²) in [7, 11) is 0. The van der Waals surface area contributed by atoms with Gasteiger partial charge in [-0.15, -0.1) is 13.2 Å². The third-order valence-electron chi connectivity index (χ3n) is 1.89. The zero-order valence-corrected chi connectivity index (χ0v) is 9.61. The summed E-state index contributed by atoms with van der Waals surface area (Å²) < 4.78 is 44.5. The number of hydrogen-bond acceptors (Lipinski definition) is 6. The lowest BCUT2D eigenvalue weighted by Crippen LogP contribution is -2.20. The number of nitriles is 1. The number of hydrogen-bond donors (Lipinski definition) is 1. The second-order valence-electron chi connectivity index (χ2n) is 3.14. The fraction of sp³-hybridized carbons (Fsp3) is 0.300. The Bertz CT molecular complexity index is 537. The molecule has 6 nitrogen and oxygen atoms in total. The third-order valence-corrected chi connectivity index (χ3v) is 1.89. The molecule has 2 N–H and O–H groups in total. The molecule has 0 saturated heterocycles. The van der Waals surface area contributed by atoms with Crippen LogP contribution < -0.4 is 10.5 Å². The summed E-state index contributed by atoms with van der Waals surface area (Å²) in [6, 6.07) is 1.54. The SMILES string of the molecule is CCOC(=O)c1c(C#N)ncc(OC(F)(F)F)c1N. The minimum absolute atomic E-state index is 0.0342. The molecule has 9 heteroatoms. The second kappa shape index (κ2) is 5.43. The molecule has 0 aliphatic rings. The molecule has 1 rings (SSSR count). The molecule has 1 aromatic rings. The summed E-state index contributed by atoms with van der Waals surface area (Å²) >= 11 is 0. The minimum atomic E-state index is -4.99. The number of esters is 1. The highest BCUT2D eigenvalue weighted by atomic mass is 19.4. The van der Waals surface area contributed by atoms with Crippen LogP contribution in [-0.4, -0.2) is 23.9 Å². The van der Waals surface area contributed by atoms with Crippen LogP contribution in [-0.2, 0) is 4.74 Å². The minimum Gasteiger partial charge on any atom is -0.462 e. The van der Waals surface area contributed by atoms with Crippen molar-refractivity contribution in [2.24, 2.45) is 0 Å². The van der Waals surface area contributed by atoms with Crippen LogP contribution in [0.3, 0.4) is 0 Å². The molecule has 0 atom stereocenters. The largest absolute Gasteiger partial charge is 0.573 e. The van der Waals surface area contributed by atoms with Gasteiger partial charge in [-0.25, -0.2) is 9.78 Å². The van der Waals surface area contributed by atoms with Crippen molar-refractivity contribution in [2.75, 3.05) is 12.3 Å². The molecule has 0 unspecified atom stereocenters. The van der Waals surface area contributed by atoms with Gasteiger partial charge in [0.05, 0.1) is 18.5 Å². The van der Waals surface area contributed by atoms with E-state index in [9.17, 15) is 18.0 Å². The van der Waals surface area contributed by atoms with Crippen molar-refractivity contribution in [3.05, 3.63) is 17.5 Å². The van der Waals surface area contributed by atoms with Crippen molar-refractivity contribution in [2.45, 2.75) is 13.3 Å². The predicted octanol–water partition coefficient (Wildman–Crippen LogP) is 1.61. The summed E-state index contributed by atoms with van der Waals surface area (Å²) in [5.41, 5.74) is 3.74. The average Bonchev–Trinajstić information content (AvgIpc) is 2.30. The highest BCUT2D eigenvalue weighted by Crippen LogP contribution is 2.31. The van der Waals surface area contributed by atoms with E-state index in [2.05, 4.69) is 14.5 Å². The van der Waals surface area contributed by atoms with E-state index in [4.69, 9.17) is 11.0 Å². The molecule has 0 bridgehead atoms. The molecular formula is C10H8F3N3O3. The maximum Gasteiger partial charge on any atom is 0.573 e. The lowest BCUT2D eigenvalue weighted by atomic mass is 10.1. The number of rotatable bonds is 3. The van der Waals surface area contributed by atoms with Crippen molar-refractivity contribution >= 4 is 11.7 Å². The lowest BCUT2D eigenvalue weighted by molar-refractivity contribution is -0.274. The number of halogens is 3. The number of carbonyl (C=O) groups is 1. The van der Waals surface area contributed by atoms with Gasteiger partial charge in [0.1, 0.15) is 11.6 Å². The van der Waals surface area contributed by atoms with E-state index in [-0.39, 0.29) is 6.61 Å². The Morgan fingerprint density at radius 3 is 2.68 bits per heavy atom. The topological polar surface area (TPSA) is 98.2 Å². The van der Waals surface area contributed by atoms with Crippen molar-refractivity contribution in [1.29, 1.82) is 5.26 Å². The fourth-order valence-electron chi connectivity index (χ4n) is 1.21. The second-order valence-corrected chi connectivity index (χ2v) is 3.14. The molecule has 0 aliphatic carbocycles. The lowest BCUT2D eigenvalue weighted by Gasteiger charge is -2.13. The Morgan fingerprint density at radius 1 is 1.58 bits per heavy atom. The maximum atomic E-state index is 12.1. The van der Waals surface area contributed by atoms with Gasteiger partial charge in [0, 0.05) is 0 Å². The standard InChI is InChI=1S/C10H8F3N3O3/c1-2-18-9(17)7-5(3-14)16-4-6(8(7)15)19-10(11,12)13/h4H,2H2,1H3,(H2,15,16). The van der Waals surface area contributed by atoms with E-state index in [0.29, 0.717) is 6.20 Å². The summed E-state index contributed by atoms with van der Waals surface area (Å²) in [5, 5.41) is 8.74. The number of nitrogens with zero attached hydrogens (tertiary/aromatic N) is 2. The van der Waals surface area contributed by atoms with E-state index < -0.39 is 35.0 Å². The number of alkyl halides is 3. The summed E-state index contributed by atoms with van der Waals surface area (Å²) in [6.07, 6.45) is -4.38. The van der Waals surface area contributed by atoms with Gasteiger partial charge in [0.2, 0.25) is 0 Å². The van der Waals surface area contributed by atoms with Crippen LogP contribution in [0.4, 0.5) is 18.9 Å². The molecule has 102 valence electrons. The number of ether oxygens (including phenoxy) is 2. The van der Waals surface area contributed by atoms with Crippen LogP contribution in [0.15, 0.2) is 6.20 Å². The van der Waals surface area contributed by atoms with Crippen LogP contribution in [0.25, 0.3) is 0 Å². The Hall–Kier alpha value is -2.50. The summed E-state index contributed by atoms with van der Waals surface area (Å²) in [6.45, 7) is 1.46. The summed E-state index contributed by atoms with van der Waals surface area (Å²) in [5.74, 6) is -1.91. The van der Waals surface area contributed by atoms with E-state index in [1.54, 1.807) is 0 Å². The van der Waals surface area contributed by atoms with Gasteiger partial charge in [0.25, 0.3) is 0 Å². The molecule has 1 heterocycles. The first kappa shape index (κ1) is 14.6.